The zero-order chi connectivity index (χ0) is 16.4. The number of carbonyl (C=O) groups is 1. The van der Waals surface area contributed by atoms with E-state index in [9.17, 15) is 4.79 Å². The molecule has 2 heterocycles. The van der Waals surface area contributed by atoms with Gasteiger partial charge in [0.2, 0.25) is 5.88 Å². The van der Waals surface area contributed by atoms with Crippen LogP contribution in [0.5, 0.6) is 5.88 Å². The topological polar surface area (TPSA) is 60.5 Å². The Hall–Kier alpha value is -1.50. The molecule has 1 atom stereocenters. The highest BCUT2D eigenvalue weighted by molar-refractivity contribution is 9.10. The molecule has 0 unspecified atom stereocenters. The molecule has 1 aliphatic heterocycles. The number of hydrogen-bond donors (Lipinski definition) is 1. The van der Waals surface area contributed by atoms with Crippen molar-refractivity contribution in [2.45, 2.75) is 12.6 Å². The summed E-state index contributed by atoms with van der Waals surface area (Å²) < 4.78 is 11.4. The zero-order valence-electron chi connectivity index (χ0n) is 11.7. The highest BCUT2D eigenvalue weighted by Gasteiger charge is 2.28. The molecule has 0 bridgehead atoms. The van der Waals surface area contributed by atoms with Gasteiger partial charge in [0.25, 0.3) is 0 Å². The summed E-state index contributed by atoms with van der Waals surface area (Å²) in [7, 11) is 0. The number of pyridine rings is 1. The largest absolute Gasteiger partial charge is 0.473 e. The van der Waals surface area contributed by atoms with Gasteiger partial charge in [0.1, 0.15) is 6.61 Å². The van der Waals surface area contributed by atoms with Gasteiger partial charge in [0.15, 0.2) is 6.10 Å². The van der Waals surface area contributed by atoms with Crippen LogP contribution in [0.4, 0.5) is 4.79 Å². The number of nitrogens with zero attached hydrogens (tertiary/aromatic N) is 1. The predicted octanol–water partition coefficient (Wildman–Crippen LogP) is 4.51. The molecule has 8 heteroatoms. The number of alkyl carbamates (subject to hydrolysis) is 1. The quantitative estimate of drug-likeness (QED) is 0.797. The van der Waals surface area contributed by atoms with Crippen molar-refractivity contribution in [3.05, 3.63) is 56.1 Å². The Morgan fingerprint density at radius 2 is 2.30 bits per heavy atom. The average Bonchev–Trinajstić information content (AvgIpc) is 2.89. The van der Waals surface area contributed by atoms with Crippen molar-refractivity contribution in [2.75, 3.05) is 6.61 Å². The Bertz CT molecular complexity index is 734. The van der Waals surface area contributed by atoms with Gasteiger partial charge in [-0.25, -0.2) is 9.78 Å². The van der Waals surface area contributed by atoms with Crippen LogP contribution in [0.3, 0.4) is 0 Å². The Morgan fingerprint density at radius 1 is 1.48 bits per heavy atom. The SMILES string of the molecule is O=C(NCc1c(Cl)cc(Cl)cc1Br)O[C@H]1COc2ncccc21. The highest BCUT2D eigenvalue weighted by Crippen LogP contribution is 2.32. The van der Waals surface area contributed by atoms with Crippen LogP contribution >= 0.6 is 39.1 Å². The number of benzene rings is 1. The molecule has 120 valence electrons. The summed E-state index contributed by atoms with van der Waals surface area (Å²) in [5.74, 6) is 0.494. The molecule has 1 aromatic carbocycles. The van der Waals surface area contributed by atoms with Crippen LogP contribution in [0.2, 0.25) is 10.0 Å². The van der Waals surface area contributed by atoms with Crippen LogP contribution in [0.1, 0.15) is 17.2 Å². The minimum atomic E-state index is -0.562. The molecule has 1 aromatic heterocycles. The number of nitrogens with one attached hydrogen (secondary N) is 1. The van der Waals surface area contributed by atoms with E-state index in [-0.39, 0.29) is 13.2 Å². The molecule has 23 heavy (non-hydrogen) atoms. The van der Waals surface area contributed by atoms with Gasteiger partial charge in [0, 0.05) is 32.8 Å². The van der Waals surface area contributed by atoms with E-state index in [1.807, 2.05) is 6.07 Å². The number of fused-ring (bicyclic) bond motifs is 1. The van der Waals surface area contributed by atoms with Crippen LogP contribution in [0.15, 0.2) is 34.9 Å². The molecule has 1 amide bonds. The Kier molecular flexibility index (Phi) is 4.94. The number of hydrogen-bond acceptors (Lipinski definition) is 4. The number of rotatable bonds is 3. The summed E-state index contributed by atoms with van der Waals surface area (Å²) in [5, 5.41) is 3.64. The average molecular weight is 418 g/mol. The van der Waals surface area contributed by atoms with Crippen molar-refractivity contribution in [2.24, 2.45) is 0 Å². The van der Waals surface area contributed by atoms with Crippen molar-refractivity contribution in [3.63, 3.8) is 0 Å². The maximum absolute atomic E-state index is 12.0. The first kappa shape index (κ1) is 16.4. The Balaban J connectivity index is 1.61. The molecular weight excluding hydrogens is 407 g/mol. The van der Waals surface area contributed by atoms with Crippen molar-refractivity contribution in [1.82, 2.24) is 10.3 Å². The van der Waals surface area contributed by atoms with E-state index in [0.29, 0.717) is 20.4 Å². The van der Waals surface area contributed by atoms with Gasteiger partial charge in [0.05, 0.1) is 5.56 Å². The molecule has 0 fully saturated rings. The van der Waals surface area contributed by atoms with Crippen molar-refractivity contribution >= 4 is 45.2 Å². The second kappa shape index (κ2) is 6.95. The molecule has 0 aliphatic carbocycles. The van der Waals surface area contributed by atoms with Crippen LogP contribution in [-0.4, -0.2) is 17.7 Å². The minimum absolute atomic E-state index is 0.211. The number of ether oxygens (including phenoxy) is 2. The Labute approximate surface area is 151 Å². The van der Waals surface area contributed by atoms with E-state index in [2.05, 4.69) is 26.2 Å². The maximum Gasteiger partial charge on any atom is 0.408 e. The molecule has 0 saturated heterocycles. The molecule has 1 N–H and O–H groups in total. The van der Waals surface area contributed by atoms with Gasteiger partial charge < -0.3 is 14.8 Å². The van der Waals surface area contributed by atoms with Gasteiger partial charge >= 0.3 is 6.09 Å². The normalized spacial score (nSPS) is 15.7. The number of halogens is 3. The van der Waals surface area contributed by atoms with Gasteiger partial charge in [-0.05, 0) is 24.3 Å². The number of aromatic nitrogens is 1. The van der Waals surface area contributed by atoms with E-state index in [1.165, 1.54) is 0 Å². The molecule has 0 saturated carbocycles. The number of amides is 1. The number of carbonyl (C=O) groups excluding carboxylic acids is 1. The van der Waals surface area contributed by atoms with Crippen LogP contribution in [-0.2, 0) is 11.3 Å². The fourth-order valence-electron chi connectivity index (χ4n) is 2.18. The highest BCUT2D eigenvalue weighted by atomic mass is 79.9. The summed E-state index contributed by atoms with van der Waals surface area (Å²) in [5.41, 5.74) is 1.48. The molecule has 5 nitrogen and oxygen atoms in total. The van der Waals surface area contributed by atoms with E-state index in [4.69, 9.17) is 32.7 Å². The lowest BCUT2D eigenvalue weighted by Crippen LogP contribution is -2.26. The first-order valence-electron chi connectivity index (χ1n) is 6.70. The summed E-state index contributed by atoms with van der Waals surface area (Å²) in [6.07, 6.45) is 0.595. The lowest BCUT2D eigenvalue weighted by molar-refractivity contribution is 0.0821. The zero-order valence-corrected chi connectivity index (χ0v) is 14.8. The van der Waals surface area contributed by atoms with Crippen LogP contribution in [0, 0.1) is 0 Å². The van der Waals surface area contributed by atoms with Gasteiger partial charge in [-0.3, -0.25) is 0 Å². The smallest absolute Gasteiger partial charge is 0.408 e. The summed E-state index contributed by atoms with van der Waals surface area (Å²) in [6, 6.07) is 6.91. The van der Waals surface area contributed by atoms with E-state index in [1.54, 1.807) is 24.4 Å². The minimum Gasteiger partial charge on any atom is -0.473 e. The molecular formula is C15H11BrCl2N2O3. The van der Waals surface area contributed by atoms with Crippen molar-refractivity contribution in [1.29, 1.82) is 0 Å². The lowest BCUT2D eigenvalue weighted by Gasteiger charge is -2.13. The van der Waals surface area contributed by atoms with Crippen molar-refractivity contribution < 1.29 is 14.3 Å². The molecule has 0 radical (unpaired) electrons. The predicted molar refractivity (Wildman–Crippen MR) is 90.0 cm³/mol. The summed E-state index contributed by atoms with van der Waals surface area (Å²) in [6.45, 7) is 0.466. The van der Waals surface area contributed by atoms with E-state index in [0.717, 1.165) is 11.1 Å². The molecule has 0 spiro atoms. The van der Waals surface area contributed by atoms with Crippen molar-refractivity contribution in [3.8, 4) is 5.88 Å². The maximum atomic E-state index is 12.0. The first-order chi connectivity index (χ1) is 11.0. The second-order valence-corrected chi connectivity index (χ2v) is 6.50. The third-order valence-electron chi connectivity index (χ3n) is 3.28. The molecule has 3 rings (SSSR count). The van der Waals surface area contributed by atoms with Gasteiger partial charge in [-0.1, -0.05) is 39.1 Å². The van der Waals surface area contributed by atoms with Gasteiger partial charge in [-0.15, -0.1) is 0 Å². The van der Waals surface area contributed by atoms with E-state index >= 15 is 0 Å². The molecule has 2 aromatic rings. The van der Waals surface area contributed by atoms with Crippen LogP contribution < -0.4 is 10.1 Å². The monoisotopic (exact) mass is 416 g/mol. The fraction of sp³-hybridized carbons (Fsp3) is 0.200. The van der Waals surface area contributed by atoms with Gasteiger partial charge in [-0.2, -0.15) is 0 Å². The van der Waals surface area contributed by atoms with Crippen LogP contribution in [0.25, 0.3) is 0 Å². The lowest BCUT2D eigenvalue weighted by atomic mass is 10.2. The third-order valence-corrected chi connectivity index (χ3v) is 4.55. The Morgan fingerprint density at radius 3 is 3.09 bits per heavy atom. The standard InChI is InChI=1S/C15H11BrCl2N2O3/c16-11-4-8(17)5-12(18)10(11)6-20-15(21)23-13-7-22-14-9(13)2-1-3-19-14/h1-5,13H,6-7H2,(H,20,21)/t13-/m0/s1. The summed E-state index contributed by atoms with van der Waals surface area (Å²) >= 11 is 15.4. The third kappa shape index (κ3) is 3.71. The fourth-order valence-corrected chi connectivity index (χ4v) is 3.59. The van der Waals surface area contributed by atoms with E-state index < -0.39 is 12.2 Å². The second-order valence-electron chi connectivity index (χ2n) is 4.80. The first-order valence-corrected chi connectivity index (χ1v) is 8.25. The summed E-state index contributed by atoms with van der Waals surface area (Å²) in [4.78, 5) is 16.0. The molecule has 1 aliphatic rings.